The van der Waals surface area contributed by atoms with E-state index in [1.807, 2.05) is 25.3 Å². The third-order valence-electron chi connectivity index (χ3n) is 10.8. The molecule has 10 nitrogen and oxygen atoms in total. The van der Waals surface area contributed by atoms with Crippen molar-refractivity contribution >= 4 is 23.4 Å². The Hall–Kier alpha value is -3.50. The summed E-state index contributed by atoms with van der Waals surface area (Å²) in [5, 5.41) is 2.38. The van der Waals surface area contributed by atoms with Crippen LogP contribution in [-0.2, 0) is 20.9 Å². The van der Waals surface area contributed by atoms with Crippen LogP contribution in [0.25, 0.3) is 0 Å². The lowest BCUT2D eigenvalue weighted by Crippen LogP contribution is -2.52. The standard InChI is InChI=1S/C39H55N5O5/c1-7-14-42(21-28-19-39(49-23-28)12-15-43(16-13-39)30-8-9-32(26(2)3)40-20-30)24-38(5,6)25-48-34-18-31-29(17-27(34)4)22-44(37(31)47)33-10-11-35(45)41-36(33)46/h8-9,17-18,20,26,28,33H,7,10-16,19,21-25H2,1-6H3,(H,41,45,46). The van der Waals surface area contributed by atoms with Crippen LogP contribution in [0.15, 0.2) is 30.5 Å². The van der Waals surface area contributed by atoms with E-state index in [1.165, 1.54) is 5.69 Å². The molecule has 4 aliphatic rings. The number of pyridine rings is 1. The zero-order valence-electron chi connectivity index (χ0n) is 30.3. The topological polar surface area (TPSA) is 104 Å². The summed E-state index contributed by atoms with van der Waals surface area (Å²) in [6, 6.07) is 7.61. The second-order valence-electron chi connectivity index (χ2n) is 16.0. The maximum absolute atomic E-state index is 13.4. The van der Waals surface area contributed by atoms with Gasteiger partial charge in [0.15, 0.2) is 0 Å². The van der Waals surface area contributed by atoms with Crippen LogP contribution >= 0.6 is 0 Å². The predicted octanol–water partition coefficient (Wildman–Crippen LogP) is 5.47. The van der Waals surface area contributed by atoms with Crippen molar-refractivity contribution in [2.45, 2.75) is 104 Å². The first-order valence-corrected chi connectivity index (χ1v) is 18.3. The van der Waals surface area contributed by atoms with Gasteiger partial charge < -0.3 is 24.2 Å². The van der Waals surface area contributed by atoms with Crippen molar-refractivity contribution in [2.75, 3.05) is 50.8 Å². The number of rotatable bonds is 12. The van der Waals surface area contributed by atoms with Gasteiger partial charge in [0.1, 0.15) is 11.8 Å². The number of nitrogens with one attached hydrogen (secondary N) is 1. The Morgan fingerprint density at radius 1 is 1.16 bits per heavy atom. The highest BCUT2D eigenvalue weighted by molar-refractivity contribution is 6.05. The minimum absolute atomic E-state index is 0.0146. The quantitative estimate of drug-likeness (QED) is 0.296. The highest BCUT2D eigenvalue weighted by atomic mass is 16.5. The van der Waals surface area contributed by atoms with Gasteiger partial charge in [0, 0.05) is 55.8 Å². The van der Waals surface area contributed by atoms with E-state index in [9.17, 15) is 14.4 Å². The molecule has 2 aromatic rings. The Morgan fingerprint density at radius 3 is 2.61 bits per heavy atom. The minimum atomic E-state index is -0.621. The third-order valence-corrected chi connectivity index (χ3v) is 10.8. The van der Waals surface area contributed by atoms with Crippen LogP contribution in [0.4, 0.5) is 5.69 Å². The molecule has 4 aliphatic heterocycles. The van der Waals surface area contributed by atoms with Gasteiger partial charge >= 0.3 is 0 Å². The first kappa shape index (κ1) is 35.3. The predicted molar refractivity (Wildman–Crippen MR) is 190 cm³/mol. The number of benzene rings is 1. The number of hydrogen-bond acceptors (Lipinski definition) is 8. The van der Waals surface area contributed by atoms with Crippen molar-refractivity contribution in [2.24, 2.45) is 11.3 Å². The molecule has 3 fully saturated rings. The van der Waals surface area contributed by atoms with Gasteiger partial charge in [0.2, 0.25) is 11.8 Å². The van der Waals surface area contributed by atoms with Crippen LogP contribution in [0.1, 0.15) is 106 Å². The number of anilines is 1. The molecule has 0 radical (unpaired) electrons. The molecule has 6 rings (SSSR count). The first-order chi connectivity index (χ1) is 23.3. The molecule has 1 aromatic heterocycles. The smallest absolute Gasteiger partial charge is 0.255 e. The van der Waals surface area contributed by atoms with Crippen LogP contribution in [0, 0.1) is 18.3 Å². The lowest BCUT2D eigenvalue weighted by Gasteiger charge is -2.40. The molecule has 1 spiro atoms. The fourth-order valence-corrected chi connectivity index (χ4v) is 8.22. The number of carbonyl (C=O) groups excluding carboxylic acids is 3. The lowest BCUT2D eigenvalue weighted by molar-refractivity contribution is -0.136. The Kier molecular flexibility index (Phi) is 10.4. The van der Waals surface area contributed by atoms with Crippen molar-refractivity contribution in [3.8, 4) is 5.75 Å². The Morgan fingerprint density at radius 2 is 1.94 bits per heavy atom. The van der Waals surface area contributed by atoms with Gasteiger partial charge in [-0.2, -0.15) is 0 Å². The normalized spacial score (nSPS) is 22.4. The second-order valence-corrected chi connectivity index (χ2v) is 16.0. The first-order valence-electron chi connectivity index (χ1n) is 18.3. The molecule has 0 aliphatic carbocycles. The van der Waals surface area contributed by atoms with Gasteiger partial charge in [-0.25, -0.2) is 0 Å². The zero-order valence-corrected chi connectivity index (χ0v) is 30.3. The van der Waals surface area contributed by atoms with Crippen LogP contribution in [-0.4, -0.2) is 90.1 Å². The maximum Gasteiger partial charge on any atom is 0.255 e. The number of hydrogen-bond donors (Lipinski definition) is 1. The van der Waals surface area contributed by atoms with E-state index < -0.39 is 11.9 Å². The molecule has 0 saturated carbocycles. The lowest BCUT2D eigenvalue weighted by atomic mass is 9.85. The third kappa shape index (κ3) is 7.96. The molecule has 1 aromatic carbocycles. The fraction of sp³-hybridized carbons (Fsp3) is 0.641. The summed E-state index contributed by atoms with van der Waals surface area (Å²) in [4.78, 5) is 48.8. The van der Waals surface area contributed by atoms with E-state index in [0.717, 1.165) is 81.8 Å². The van der Waals surface area contributed by atoms with E-state index in [-0.39, 0.29) is 29.3 Å². The van der Waals surface area contributed by atoms with Crippen molar-refractivity contribution < 1.29 is 23.9 Å². The maximum atomic E-state index is 13.4. The largest absolute Gasteiger partial charge is 0.493 e. The van der Waals surface area contributed by atoms with Crippen molar-refractivity contribution in [1.29, 1.82) is 0 Å². The van der Waals surface area contributed by atoms with Gasteiger partial charge in [-0.1, -0.05) is 34.6 Å². The van der Waals surface area contributed by atoms with E-state index in [0.29, 0.717) is 42.7 Å². The van der Waals surface area contributed by atoms with E-state index in [2.05, 4.69) is 66.9 Å². The number of piperidine rings is 2. The number of imide groups is 1. The average molecular weight is 674 g/mol. The van der Waals surface area contributed by atoms with Crippen LogP contribution in [0.5, 0.6) is 5.75 Å². The minimum Gasteiger partial charge on any atom is -0.493 e. The van der Waals surface area contributed by atoms with E-state index in [4.69, 9.17) is 9.47 Å². The number of amides is 3. The van der Waals surface area contributed by atoms with Gasteiger partial charge in [0.05, 0.1) is 30.7 Å². The number of carbonyl (C=O) groups is 3. The number of aryl methyl sites for hydroxylation is 1. The molecular weight excluding hydrogens is 618 g/mol. The summed E-state index contributed by atoms with van der Waals surface area (Å²) in [6.45, 7) is 19.8. The summed E-state index contributed by atoms with van der Waals surface area (Å²) in [5.41, 5.74) is 4.67. The molecule has 3 saturated heterocycles. The van der Waals surface area contributed by atoms with Crippen LogP contribution in [0.3, 0.4) is 0 Å². The number of ether oxygens (including phenoxy) is 2. The molecule has 2 unspecified atom stereocenters. The van der Waals surface area contributed by atoms with Crippen molar-refractivity contribution in [3.05, 3.63) is 52.8 Å². The van der Waals surface area contributed by atoms with Gasteiger partial charge in [-0.3, -0.25) is 24.7 Å². The van der Waals surface area contributed by atoms with Crippen molar-refractivity contribution in [1.82, 2.24) is 20.1 Å². The second kappa shape index (κ2) is 14.4. The summed E-state index contributed by atoms with van der Waals surface area (Å²) in [5.74, 6) is 0.804. The number of aromatic nitrogens is 1. The molecule has 266 valence electrons. The van der Waals surface area contributed by atoms with Crippen LogP contribution in [0.2, 0.25) is 0 Å². The highest BCUT2D eigenvalue weighted by Crippen LogP contribution is 2.40. The van der Waals surface area contributed by atoms with Gasteiger partial charge in [-0.05, 0) is 92.8 Å². The summed E-state index contributed by atoms with van der Waals surface area (Å²) in [7, 11) is 0. The molecule has 1 N–H and O–H groups in total. The summed E-state index contributed by atoms with van der Waals surface area (Å²) in [6.07, 6.45) is 6.93. The Bertz CT molecular complexity index is 1530. The molecule has 0 bridgehead atoms. The van der Waals surface area contributed by atoms with Crippen LogP contribution < -0.4 is 15.0 Å². The average Bonchev–Trinajstić information content (AvgIpc) is 3.59. The SMILES string of the molecule is CCCN(CC1COC2(CCN(c3ccc(C(C)C)nc3)CC2)C1)CC(C)(C)COc1cc2c(cc1C)CN(C1CCC(=O)NC1=O)C2=O. The number of fused-ring (bicyclic) bond motifs is 1. The molecule has 3 amide bonds. The van der Waals surface area contributed by atoms with Crippen molar-refractivity contribution in [3.63, 3.8) is 0 Å². The molecule has 10 heteroatoms. The zero-order chi connectivity index (χ0) is 34.9. The summed E-state index contributed by atoms with van der Waals surface area (Å²) >= 11 is 0. The number of nitrogens with zero attached hydrogens (tertiary/aromatic N) is 4. The fourth-order valence-electron chi connectivity index (χ4n) is 8.22. The highest BCUT2D eigenvalue weighted by Gasteiger charge is 2.44. The summed E-state index contributed by atoms with van der Waals surface area (Å²) < 4.78 is 13.0. The van der Waals surface area contributed by atoms with E-state index in [1.54, 1.807) is 4.90 Å². The van der Waals surface area contributed by atoms with Gasteiger partial charge in [0.25, 0.3) is 5.91 Å². The Labute approximate surface area is 291 Å². The molecule has 5 heterocycles. The molecule has 49 heavy (non-hydrogen) atoms. The molecular formula is C39H55N5O5. The Balaban J connectivity index is 1.01. The van der Waals surface area contributed by atoms with E-state index >= 15 is 0 Å². The molecule has 2 atom stereocenters. The van der Waals surface area contributed by atoms with Gasteiger partial charge in [-0.15, -0.1) is 0 Å². The monoisotopic (exact) mass is 673 g/mol.